The van der Waals surface area contributed by atoms with E-state index < -0.39 is 0 Å². The molecule has 3 nitrogen and oxygen atoms in total. The number of hydrogen-bond acceptors (Lipinski definition) is 3. The molecule has 0 aromatic carbocycles. The van der Waals surface area contributed by atoms with E-state index in [2.05, 4.69) is 31.0 Å². The Balaban J connectivity index is 3.25. The summed E-state index contributed by atoms with van der Waals surface area (Å²) in [4.78, 5) is 2.47. The van der Waals surface area contributed by atoms with Crippen LogP contribution in [-0.2, 0) is 0 Å². The van der Waals surface area contributed by atoms with Gasteiger partial charge in [-0.2, -0.15) is 0 Å². The van der Waals surface area contributed by atoms with Gasteiger partial charge < -0.3 is 15.3 Å². The molecule has 0 amide bonds. The Morgan fingerprint density at radius 2 is 1.81 bits per heavy atom. The van der Waals surface area contributed by atoms with Crippen LogP contribution in [0, 0.1) is 0 Å². The molecule has 0 radical (unpaired) electrons. The zero-order chi connectivity index (χ0) is 12.2. The molecule has 0 rings (SSSR count). The second-order valence-corrected chi connectivity index (χ2v) is 4.45. The van der Waals surface area contributed by atoms with Crippen molar-refractivity contribution < 1.29 is 5.11 Å². The van der Waals surface area contributed by atoms with Gasteiger partial charge in [0, 0.05) is 12.6 Å². The van der Waals surface area contributed by atoms with Crippen LogP contribution < -0.4 is 5.32 Å². The maximum Gasteiger partial charge on any atom is 0.0431 e. The highest BCUT2D eigenvalue weighted by Gasteiger charge is 2.01. The van der Waals surface area contributed by atoms with Gasteiger partial charge in [-0.25, -0.2) is 0 Å². The van der Waals surface area contributed by atoms with Crippen LogP contribution in [0.15, 0.2) is 0 Å². The van der Waals surface area contributed by atoms with E-state index in [1.807, 2.05) is 0 Å². The molecule has 2 N–H and O–H groups in total. The van der Waals surface area contributed by atoms with Crippen molar-refractivity contribution in [1.82, 2.24) is 10.2 Å². The third kappa shape index (κ3) is 9.13. The summed E-state index contributed by atoms with van der Waals surface area (Å²) < 4.78 is 0. The topological polar surface area (TPSA) is 35.5 Å². The first-order chi connectivity index (χ1) is 7.74. The zero-order valence-electron chi connectivity index (χ0n) is 11.3. The molecule has 0 aromatic rings. The van der Waals surface area contributed by atoms with Crippen LogP contribution in [0.25, 0.3) is 0 Å². The van der Waals surface area contributed by atoms with Gasteiger partial charge in [-0.15, -0.1) is 0 Å². The minimum absolute atomic E-state index is 0.313. The van der Waals surface area contributed by atoms with Crippen LogP contribution in [0.5, 0.6) is 0 Å². The Labute approximate surface area is 101 Å². The summed E-state index contributed by atoms with van der Waals surface area (Å²) in [5.74, 6) is 0. The fraction of sp³-hybridized carbons (Fsp3) is 1.00. The fourth-order valence-corrected chi connectivity index (χ4v) is 1.85. The summed E-state index contributed by atoms with van der Waals surface area (Å²) in [7, 11) is 0. The zero-order valence-corrected chi connectivity index (χ0v) is 11.3. The van der Waals surface area contributed by atoms with Crippen molar-refractivity contribution in [3.05, 3.63) is 0 Å². The molecular weight excluding hydrogens is 200 g/mol. The predicted molar refractivity (Wildman–Crippen MR) is 70.8 cm³/mol. The smallest absolute Gasteiger partial charge is 0.0431 e. The standard InChI is InChI=1S/C13H30N2O/c1-4-15(5-2)11-7-6-10-14-13(3)9-8-12-16/h13-14,16H,4-12H2,1-3H3. The number of aliphatic hydroxyl groups excluding tert-OH is 1. The molecule has 1 unspecified atom stereocenters. The van der Waals surface area contributed by atoms with Crippen LogP contribution in [-0.4, -0.2) is 48.8 Å². The Kier molecular flexibility index (Phi) is 11.3. The summed E-state index contributed by atoms with van der Waals surface area (Å²) in [6.45, 7) is 11.6. The molecule has 0 aromatic heterocycles. The second-order valence-electron chi connectivity index (χ2n) is 4.45. The van der Waals surface area contributed by atoms with Gasteiger partial charge in [-0.3, -0.25) is 0 Å². The summed E-state index contributed by atoms with van der Waals surface area (Å²) >= 11 is 0. The minimum Gasteiger partial charge on any atom is -0.396 e. The van der Waals surface area contributed by atoms with Gasteiger partial charge in [0.25, 0.3) is 0 Å². The van der Waals surface area contributed by atoms with E-state index in [1.54, 1.807) is 0 Å². The van der Waals surface area contributed by atoms with Gasteiger partial charge in [0.05, 0.1) is 0 Å². The van der Waals surface area contributed by atoms with Crippen molar-refractivity contribution in [3.63, 3.8) is 0 Å². The van der Waals surface area contributed by atoms with E-state index in [0.29, 0.717) is 12.6 Å². The highest BCUT2D eigenvalue weighted by Crippen LogP contribution is 1.97. The maximum absolute atomic E-state index is 8.71. The molecule has 0 saturated heterocycles. The molecule has 0 fully saturated rings. The molecule has 3 heteroatoms. The van der Waals surface area contributed by atoms with Crippen LogP contribution in [0.1, 0.15) is 46.5 Å². The number of rotatable bonds is 11. The fourth-order valence-electron chi connectivity index (χ4n) is 1.85. The number of aliphatic hydroxyl groups is 1. The summed E-state index contributed by atoms with van der Waals surface area (Å²) in [6, 6.07) is 0.542. The van der Waals surface area contributed by atoms with Crippen LogP contribution >= 0.6 is 0 Å². The van der Waals surface area contributed by atoms with Crippen molar-refractivity contribution in [2.24, 2.45) is 0 Å². The minimum atomic E-state index is 0.313. The lowest BCUT2D eigenvalue weighted by Crippen LogP contribution is -2.28. The average Bonchev–Trinajstić information content (AvgIpc) is 2.31. The average molecular weight is 230 g/mol. The molecule has 98 valence electrons. The molecule has 0 aliphatic heterocycles. The van der Waals surface area contributed by atoms with Gasteiger partial charge in [0.1, 0.15) is 0 Å². The number of unbranched alkanes of at least 4 members (excludes halogenated alkanes) is 1. The quantitative estimate of drug-likeness (QED) is 0.532. The number of nitrogens with zero attached hydrogens (tertiary/aromatic N) is 1. The highest BCUT2D eigenvalue weighted by molar-refractivity contribution is 4.61. The van der Waals surface area contributed by atoms with E-state index in [4.69, 9.17) is 5.11 Å². The maximum atomic E-state index is 8.71. The first-order valence-electron chi connectivity index (χ1n) is 6.81. The number of hydrogen-bond donors (Lipinski definition) is 2. The van der Waals surface area contributed by atoms with E-state index in [0.717, 1.165) is 32.5 Å². The summed E-state index contributed by atoms with van der Waals surface area (Å²) in [5, 5.41) is 12.2. The molecule has 0 saturated carbocycles. The lowest BCUT2D eigenvalue weighted by Gasteiger charge is -2.18. The van der Waals surface area contributed by atoms with E-state index in [1.165, 1.54) is 19.4 Å². The second kappa shape index (κ2) is 11.4. The van der Waals surface area contributed by atoms with E-state index in [9.17, 15) is 0 Å². The normalized spacial score (nSPS) is 13.3. The highest BCUT2D eigenvalue weighted by atomic mass is 16.2. The molecule has 0 aliphatic carbocycles. The molecule has 0 aliphatic rings. The van der Waals surface area contributed by atoms with Crippen molar-refractivity contribution in [3.8, 4) is 0 Å². The monoisotopic (exact) mass is 230 g/mol. The van der Waals surface area contributed by atoms with E-state index in [-0.39, 0.29) is 0 Å². The SMILES string of the molecule is CCN(CC)CCCCNC(C)CCCO. The number of nitrogens with one attached hydrogen (secondary N) is 1. The summed E-state index contributed by atoms with van der Waals surface area (Å²) in [6.07, 6.45) is 4.52. The molecule has 1 atom stereocenters. The lowest BCUT2D eigenvalue weighted by molar-refractivity contribution is 0.275. The van der Waals surface area contributed by atoms with Crippen LogP contribution in [0.2, 0.25) is 0 Å². The third-order valence-corrected chi connectivity index (χ3v) is 3.08. The first-order valence-corrected chi connectivity index (χ1v) is 6.81. The molecule has 0 heterocycles. The largest absolute Gasteiger partial charge is 0.396 e. The van der Waals surface area contributed by atoms with Crippen molar-refractivity contribution in [2.45, 2.75) is 52.5 Å². The van der Waals surface area contributed by atoms with Crippen molar-refractivity contribution in [1.29, 1.82) is 0 Å². The van der Waals surface area contributed by atoms with Crippen LogP contribution in [0.3, 0.4) is 0 Å². The van der Waals surface area contributed by atoms with E-state index >= 15 is 0 Å². The Hall–Kier alpha value is -0.120. The molecular formula is C13H30N2O. The van der Waals surface area contributed by atoms with Gasteiger partial charge in [-0.05, 0) is 58.8 Å². The van der Waals surface area contributed by atoms with Gasteiger partial charge in [0.15, 0.2) is 0 Å². The van der Waals surface area contributed by atoms with Crippen LogP contribution in [0.4, 0.5) is 0 Å². The Bertz CT molecular complexity index is 138. The van der Waals surface area contributed by atoms with Crippen molar-refractivity contribution in [2.75, 3.05) is 32.8 Å². The van der Waals surface area contributed by atoms with Crippen molar-refractivity contribution >= 4 is 0 Å². The Morgan fingerprint density at radius 3 is 2.38 bits per heavy atom. The molecule has 0 bridgehead atoms. The van der Waals surface area contributed by atoms with Gasteiger partial charge in [0.2, 0.25) is 0 Å². The third-order valence-electron chi connectivity index (χ3n) is 3.08. The summed E-state index contributed by atoms with van der Waals surface area (Å²) in [5.41, 5.74) is 0. The van der Waals surface area contributed by atoms with Gasteiger partial charge in [-0.1, -0.05) is 13.8 Å². The first kappa shape index (κ1) is 15.9. The predicted octanol–water partition coefficient (Wildman–Crippen LogP) is 1.86. The molecule has 0 spiro atoms. The Morgan fingerprint density at radius 1 is 1.12 bits per heavy atom. The lowest BCUT2D eigenvalue weighted by atomic mass is 10.2. The van der Waals surface area contributed by atoms with Gasteiger partial charge >= 0.3 is 0 Å². The molecule has 16 heavy (non-hydrogen) atoms.